The van der Waals surface area contributed by atoms with Gasteiger partial charge >= 0.3 is 0 Å². The number of hydrogen-bond acceptors (Lipinski definition) is 13. The summed E-state index contributed by atoms with van der Waals surface area (Å²) in [4.78, 5) is 19.0. The van der Waals surface area contributed by atoms with Crippen molar-refractivity contribution in [1.82, 2.24) is 9.97 Å². The minimum atomic E-state index is 0.517. The highest BCUT2D eigenvalue weighted by Crippen LogP contribution is 2.40. The van der Waals surface area contributed by atoms with E-state index in [-0.39, 0.29) is 0 Å². The van der Waals surface area contributed by atoms with Gasteiger partial charge in [0.1, 0.15) is 34.2 Å². The molecule has 0 saturated carbocycles. The fourth-order valence-corrected chi connectivity index (χ4v) is 6.98. The van der Waals surface area contributed by atoms with Crippen molar-refractivity contribution in [2.24, 2.45) is 10.1 Å². The zero-order chi connectivity index (χ0) is 37.7. The molecular formula is C40H40N4O7S2. The maximum absolute atomic E-state index is 5.45. The maximum atomic E-state index is 5.45. The second kappa shape index (κ2) is 18.5. The number of oxime groups is 1. The highest BCUT2D eigenvalue weighted by molar-refractivity contribution is 7.13. The van der Waals surface area contributed by atoms with Gasteiger partial charge in [-0.1, -0.05) is 65.8 Å². The Balaban J connectivity index is 0.000000204. The minimum Gasteiger partial charge on any atom is -0.493 e. The molecule has 6 aromatic rings. The fourth-order valence-electron chi connectivity index (χ4n) is 5.36. The van der Waals surface area contributed by atoms with Crippen LogP contribution in [-0.4, -0.2) is 78.2 Å². The SMILES string of the molecule is CN=C(c1cc(OC)c(OC)c(OC)c1)c1csc(-c2ccccc2)n1.CO/N=C(\c1cc(OC)c(OC)c(OC)c1)c1csc(-c2ccccc2)n1. The number of nitrogens with zero attached hydrogens (tertiary/aromatic N) is 4. The van der Waals surface area contributed by atoms with E-state index in [1.54, 1.807) is 72.4 Å². The number of benzene rings is 4. The number of hydrogen-bond donors (Lipinski definition) is 0. The largest absolute Gasteiger partial charge is 0.493 e. The van der Waals surface area contributed by atoms with Gasteiger partial charge < -0.3 is 33.3 Å². The average Bonchev–Trinajstić information content (AvgIpc) is 3.91. The van der Waals surface area contributed by atoms with E-state index >= 15 is 0 Å². The van der Waals surface area contributed by atoms with E-state index in [4.69, 9.17) is 43.2 Å². The second-order valence-electron chi connectivity index (χ2n) is 10.8. The molecule has 11 nitrogen and oxygen atoms in total. The van der Waals surface area contributed by atoms with Crippen LogP contribution in [0.1, 0.15) is 22.5 Å². The Hall–Kier alpha value is -5.92. The number of ether oxygens (including phenoxy) is 6. The summed E-state index contributed by atoms with van der Waals surface area (Å²) < 4.78 is 32.5. The van der Waals surface area contributed by atoms with Crippen LogP contribution in [0, 0.1) is 0 Å². The molecule has 6 rings (SSSR count). The number of aliphatic imine (C=N–C) groups is 1. The van der Waals surface area contributed by atoms with Gasteiger partial charge in [0, 0.05) is 40.1 Å². The van der Waals surface area contributed by atoms with E-state index in [1.165, 1.54) is 7.11 Å². The Morgan fingerprint density at radius 1 is 0.509 bits per heavy atom. The van der Waals surface area contributed by atoms with Crippen molar-refractivity contribution in [2.75, 3.05) is 56.8 Å². The highest BCUT2D eigenvalue weighted by Gasteiger charge is 2.21. The van der Waals surface area contributed by atoms with Crippen LogP contribution in [0.2, 0.25) is 0 Å². The summed E-state index contributed by atoms with van der Waals surface area (Å²) in [7, 11) is 12.7. The van der Waals surface area contributed by atoms with Gasteiger partial charge in [-0.15, -0.1) is 22.7 Å². The molecule has 0 radical (unpaired) electrons. The lowest BCUT2D eigenvalue weighted by atomic mass is 10.1. The fraction of sp³-hybridized carbons (Fsp3) is 0.200. The molecule has 274 valence electrons. The standard InChI is InChI=1S/C20H20N2O4S.C20H20N2O3S/c1-23-16-10-14(11-17(24-2)19(16)25-3)18(22-26-4)15-12-27-20(21-15)13-8-6-5-7-9-13;1-21-18(14-10-16(23-2)19(25-4)17(11-14)24-3)15-12-26-20(22-15)13-8-6-5-7-9-13/h5-12H,1-4H3;5-12H,1-4H3/b22-18+;. The van der Waals surface area contributed by atoms with E-state index in [0.29, 0.717) is 45.9 Å². The van der Waals surface area contributed by atoms with Crippen molar-refractivity contribution in [3.8, 4) is 55.6 Å². The summed E-state index contributed by atoms with van der Waals surface area (Å²) in [5, 5.41) is 10.00. The van der Waals surface area contributed by atoms with Crippen LogP contribution in [0.15, 0.2) is 106 Å². The van der Waals surface area contributed by atoms with Gasteiger partial charge in [0.15, 0.2) is 23.0 Å². The predicted molar refractivity (Wildman–Crippen MR) is 212 cm³/mol. The van der Waals surface area contributed by atoms with Gasteiger partial charge in [-0.25, -0.2) is 9.97 Å². The first kappa shape index (κ1) is 38.3. The zero-order valence-electron chi connectivity index (χ0n) is 30.7. The van der Waals surface area contributed by atoms with E-state index in [2.05, 4.69) is 10.1 Å². The molecule has 0 bridgehead atoms. The molecule has 53 heavy (non-hydrogen) atoms. The lowest BCUT2D eigenvalue weighted by molar-refractivity contribution is 0.214. The summed E-state index contributed by atoms with van der Waals surface area (Å²) in [6.45, 7) is 0. The quantitative estimate of drug-likeness (QED) is 0.0846. The predicted octanol–water partition coefficient (Wildman–Crippen LogP) is 8.54. The molecule has 13 heteroatoms. The van der Waals surface area contributed by atoms with Crippen LogP contribution in [-0.2, 0) is 4.84 Å². The van der Waals surface area contributed by atoms with Crippen molar-refractivity contribution < 1.29 is 33.3 Å². The average molecular weight is 753 g/mol. The molecule has 0 unspecified atom stereocenters. The topological polar surface area (TPSA) is 115 Å². The Bertz CT molecular complexity index is 2120. The summed E-state index contributed by atoms with van der Waals surface area (Å²) >= 11 is 3.13. The lowest BCUT2D eigenvalue weighted by Crippen LogP contribution is -2.07. The van der Waals surface area contributed by atoms with Crippen LogP contribution in [0.4, 0.5) is 0 Å². The molecule has 0 N–H and O–H groups in total. The van der Waals surface area contributed by atoms with Gasteiger partial charge in [-0.05, 0) is 24.3 Å². The first-order valence-electron chi connectivity index (χ1n) is 16.1. The molecule has 2 aromatic heterocycles. The lowest BCUT2D eigenvalue weighted by Gasteiger charge is -2.14. The highest BCUT2D eigenvalue weighted by atomic mass is 32.1. The number of methoxy groups -OCH3 is 6. The Kier molecular flexibility index (Phi) is 13.4. The maximum Gasteiger partial charge on any atom is 0.203 e. The van der Waals surface area contributed by atoms with Crippen molar-refractivity contribution >= 4 is 34.1 Å². The van der Waals surface area contributed by atoms with E-state index < -0.39 is 0 Å². The Labute approximate surface area is 317 Å². The van der Waals surface area contributed by atoms with Gasteiger partial charge in [-0.2, -0.15) is 0 Å². The molecule has 0 atom stereocenters. The summed E-state index contributed by atoms with van der Waals surface area (Å²) in [6.07, 6.45) is 0. The monoisotopic (exact) mass is 752 g/mol. The molecular weight excluding hydrogens is 713 g/mol. The van der Waals surface area contributed by atoms with Crippen LogP contribution >= 0.6 is 22.7 Å². The summed E-state index contributed by atoms with van der Waals surface area (Å²) in [5.74, 6) is 3.31. The van der Waals surface area contributed by atoms with E-state index in [0.717, 1.165) is 43.7 Å². The molecule has 0 saturated heterocycles. The van der Waals surface area contributed by atoms with Crippen molar-refractivity contribution in [1.29, 1.82) is 0 Å². The second-order valence-corrected chi connectivity index (χ2v) is 12.5. The first-order valence-corrected chi connectivity index (χ1v) is 17.9. The molecule has 0 aliphatic heterocycles. The third-order valence-electron chi connectivity index (χ3n) is 7.82. The third-order valence-corrected chi connectivity index (χ3v) is 9.60. The van der Waals surface area contributed by atoms with E-state index in [9.17, 15) is 0 Å². The molecule has 0 aliphatic carbocycles. The number of aromatic nitrogens is 2. The van der Waals surface area contributed by atoms with Gasteiger partial charge in [0.2, 0.25) is 11.5 Å². The minimum absolute atomic E-state index is 0.517. The van der Waals surface area contributed by atoms with Crippen molar-refractivity contribution in [3.63, 3.8) is 0 Å². The summed E-state index contributed by atoms with van der Waals surface area (Å²) in [5.41, 5.74) is 6.60. The molecule has 0 fully saturated rings. The third kappa shape index (κ3) is 8.76. The normalized spacial score (nSPS) is 11.2. The van der Waals surface area contributed by atoms with Crippen molar-refractivity contribution in [3.05, 3.63) is 118 Å². The molecule has 4 aromatic carbocycles. The van der Waals surface area contributed by atoms with Crippen molar-refractivity contribution in [2.45, 2.75) is 0 Å². The smallest absolute Gasteiger partial charge is 0.203 e. The molecule has 0 aliphatic rings. The molecule has 0 spiro atoms. The zero-order valence-corrected chi connectivity index (χ0v) is 32.3. The number of rotatable bonds is 13. The van der Waals surface area contributed by atoms with Crippen LogP contribution in [0.3, 0.4) is 0 Å². The van der Waals surface area contributed by atoms with Gasteiger partial charge in [0.25, 0.3) is 0 Å². The Morgan fingerprint density at radius 2 is 0.887 bits per heavy atom. The first-order chi connectivity index (χ1) is 25.9. The molecule has 0 amide bonds. The molecule has 2 heterocycles. The van der Waals surface area contributed by atoms with Gasteiger partial charge in [0.05, 0.1) is 48.4 Å². The van der Waals surface area contributed by atoms with Crippen LogP contribution in [0.5, 0.6) is 34.5 Å². The number of thiazole rings is 2. The Morgan fingerprint density at radius 3 is 1.23 bits per heavy atom. The van der Waals surface area contributed by atoms with Gasteiger partial charge in [-0.3, -0.25) is 4.99 Å². The van der Waals surface area contributed by atoms with Crippen LogP contribution in [0.25, 0.3) is 21.1 Å². The van der Waals surface area contributed by atoms with Crippen LogP contribution < -0.4 is 28.4 Å². The summed E-state index contributed by atoms with van der Waals surface area (Å²) in [6, 6.07) is 27.5. The van der Waals surface area contributed by atoms with E-state index in [1.807, 2.05) is 95.7 Å².